The molecule has 0 rings (SSSR count). The van der Waals surface area contributed by atoms with Gasteiger partial charge in [0, 0.05) is 12.5 Å². The van der Waals surface area contributed by atoms with E-state index in [9.17, 15) is 14.4 Å². The average Bonchev–Trinajstić information content (AvgIpc) is 2.65. The molecule has 0 radical (unpaired) electrons. The third-order valence-electron chi connectivity index (χ3n) is 4.68. The zero-order chi connectivity index (χ0) is 21.4. The molecule has 0 aromatic carbocycles. The van der Waals surface area contributed by atoms with Crippen LogP contribution in [0.5, 0.6) is 0 Å². The summed E-state index contributed by atoms with van der Waals surface area (Å²) in [4.78, 5) is 32.9. The fourth-order valence-corrected chi connectivity index (χ4v) is 2.95. The van der Waals surface area contributed by atoms with Gasteiger partial charge in [-0.2, -0.15) is 0 Å². The quantitative estimate of drug-likeness (QED) is 0.155. The molecule has 0 saturated heterocycles. The number of ether oxygens (including phenoxy) is 3. The maximum atomic E-state index is 11.8. The van der Waals surface area contributed by atoms with Gasteiger partial charge in [-0.1, -0.05) is 13.8 Å². The van der Waals surface area contributed by atoms with Crippen molar-refractivity contribution in [2.75, 3.05) is 19.7 Å². The first kappa shape index (κ1) is 26.3. The molecule has 0 aliphatic rings. The summed E-state index contributed by atoms with van der Waals surface area (Å²) in [6, 6.07) is -0.354. The van der Waals surface area contributed by atoms with Crippen LogP contribution >= 0.6 is 0 Å². The van der Waals surface area contributed by atoms with Crippen molar-refractivity contribution in [3.63, 3.8) is 0 Å². The van der Waals surface area contributed by atoms with Crippen molar-refractivity contribution in [2.24, 2.45) is 5.92 Å². The topological polar surface area (TPSA) is 103 Å². The Kier molecular flexibility index (Phi) is 15.3. The molecule has 0 aliphatic heterocycles. The minimum absolute atomic E-state index is 0.0955. The van der Waals surface area contributed by atoms with Gasteiger partial charge in [0.2, 0.25) is 0 Å². The number of hydrogen-bond acceptors (Lipinski definition) is 8. The molecule has 0 aromatic rings. The fraction of sp³-hybridized carbons (Fsp3) is 0.850. The molecule has 5 atom stereocenters. The van der Waals surface area contributed by atoms with Crippen molar-refractivity contribution >= 4 is 18.9 Å². The van der Waals surface area contributed by atoms with E-state index in [1.54, 1.807) is 13.8 Å². The van der Waals surface area contributed by atoms with E-state index >= 15 is 0 Å². The molecule has 5 unspecified atom stereocenters. The highest BCUT2D eigenvalue weighted by atomic mass is 16.5. The second-order valence-electron chi connectivity index (χ2n) is 7.15. The van der Waals surface area contributed by atoms with E-state index in [0.717, 1.165) is 25.9 Å². The molecular formula is C20H38N2O6. The van der Waals surface area contributed by atoms with Crippen molar-refractivity contribution in [1.82, 2.24) is 10.6 Å². The highest BCUT2D eigenvalue weighted by Gasteiger charge is 2.21. The number of carbonyl (C=O) groups excluding carboxylic acids is 3. The van der Waals surface area contributed by atoms with Crippen LogP contribution < -0.4 is 10.6 Å². The van der Waals surface area contributed by atoms with Crippen molar-refractivity contribution in [3.05, 3.63) is 0 Å². The molecule has 0 aromatic heterocycles. The third-order valence-corrected chi connectivity index (χ3v) is 4.68. The summed E-state index contributed by atoms with van der Waals surface area (Å²) in [5.74, 6) is 0.210. The van der Waals surface area contributed by atoms with Gasteiger partial charge in [0.25, 0.3) is 12.9 Å². The lowest BCUT2D eigenvalue weighted by atomic mass is 10.0. The summed E-state index contributed by atoms with van der Waals surface area (Å²) >= 11 is 0. The Bertz CT molecular complexity index is 435. The number of nitrogens with one attached hydrogen (secondary N) is 2. The highest BCUT2D eigenvalue weighted by molar-refractivity contribution is 5.75. The molecule has 8 nitrogen and oxygen atoms in total. The van der Waals surface area contributed by atoms with Crippen LogP contribution in [0, 0.1) is 5.92 Å². The summed E-state index contributed by atoms with van der Waals surface area (Å²) in [7, 11) is 0. The molecule has 164 valence electrons. The fourth-order valence-electron chi connectivity index (χ4n) is 2.95. The number of carbonyl (C=O) groups is 3. The van der Waals surface area contributed by atoms with Gasteiger partial charge >= 0.3 is 5.97 Å². The Morgan fingerprint density at radius 1 is 1.04 bits per heavy atom. The number of hydrogen-bond donors (Lipinski definition) is 2. The summed E-state index contributed by atoms with van der Waals surface area (Å²) in [6.45, 7) is 12.3. The minimum atomic E-state index is -0.316. The van der Waals surface area contributed by atoms with Gasteiger partial charge in [-0.25, -0.2) is 0 Å². The maximum absolute atomic E-state index is 11.8. The monoisotopic (exact) mass is 402 g/mol. The Morgan fingerprint density at radius 2 is 1.71 bits per heavy atom. The molecule has 0 fully saturated rings. The van der Waals surface area contributed by atoms with Crippen molar-refractivity contribution < 1.29 is 28.6 Å². The largest absolute Gasteiger partial charge is 0.465 e. The van der Waals surface area contributed by atoms with Gasteiger partial charge in [-0.15, -0.1) is 0 Å². The molecule has 0 saturated carbocycles. The van der Waals surface area contributed by atoms with Crippen LogP contribution in [0.25, 0.3) is 0 Å². The van der Waals surface area contributed by atoms with E-state index in [0.29, 0.717) is 38.3 Å². The van der Waals surface area contributed by atoms with E-state index in [-0.39, 0.29) is 30.3 Å². The van der Waals surface area contributed by atoms with E-state index in [4.69, 9.17) is 14.2 Å². The van der Waals surface area contributed by atoms with Gasteiger partial charge in [0.1, 0.15) is 18.2 Å². The Labute approximate surface area is 169 Å². The lowest BCUT2D eigenvalue weighted by molar-refractivity contribution is -0.145. The highest BCUT2D eigenvalue weighted by Crippen LogP contribution is 2.10. The molecule has 0 spiro atoms. The first-order valence-electron chi connectivity index (χ1n) is 10.2. The van der Waals surface area contributed by atoms with Gasteiger partial charge in [0.15, 0.2) is 0 Å². The van der Waals surface area contributed by atoms with Crippen molar-refractivity contribution in [1.29, 1.82) is 0 Å². The molecule has 0 aliphatic carbocycles. The van der Waals surface area contributed by atoms with Crippen LogP contribution in [-0.4, -0.2) is 62.9 Å². The van der Waals surface area contributed by atoms with Crippen LogP contribution in [0.3, 0.4) is 0 Å². The number of esters is 1. The van der Waals surface area contributed by atoms with E-state index < -0.39 is 0 Å². The molecule has 8 heteroatoms. The Balaban J connectivity index is 4.25. The van der Waals surface area contributed by atoms with Gasteiger partial charge in [-0.3, -0.25) is 14.4 Å². The maximum Gasteiger partial charge on any atom is 0.323 e. The summed E-state index contributed by atoms with van der Waals surface area (Å²) < 4.78 is 15.0. The smallest absolute Gasteiger partial charge is 0.323 e. The normalized spacial score (nSPS) is 16.3. The van der Waals surface area contributed by atoms with Crippen LogP contribution in [0.1, 0.15) is 60.3 Å². The summed E-state index contributed by atoms with van der Waals surface area (Å²) in [5.41, 5.74) is 0. The lowest BCUT2D eigenvalue weighted by Crippen LogP contribution is -2.43. The molecule has 2 N–H and O–H groups in total. The second kappa shape index (κ2) is 16.3. The van der Waals surface area contributed by atoms with E-state index in [2.05, 4.69) is 17.6 Å². The third kappa shape index (κ3) is 11.9. The summed E-state index contributed by atoms with van der Waals surface area (Å²) in [6.07, 6.45) is 2.60. The minimum Gasteiger partial charge on any atom is -0.465 e. The van der Waals surface area contributed by atoms with Gasteiger partial charge in [0.05, 0.1) is 6.61 Å². The first-order chi connectivity index (χ1) is 13.4. The van der Waals surface area contributed by atoms with Crippen molar-refractivity contribution in [3.8, 4) is 0 Å². The standard InChI is InChI=1S/C20H38N2O6/c1-6-18(20(25)26-7-2)22-12-15(3)9-8-10-21-19(17(5)28-14-24)11-16(4)27-13-23/h13-19,21-22H,6-12H2,1-5H3. The van der Waals surface area contributed by atoms with Crippen LogP contribution in [0.4, 0.5) is 0 Å². The number of rotatable bonds is 18. The first-order valence-corrected chi connectivity index (χ1v) is 10.2. The zero-order valence-electron chi connectivity index (χ0n) is 17.9. The summed E-state index contributed by atoms with van der Waals surface area (Å²) in [5, 5.41) is 6.66. The SMILES string of the molecule is CCOC(=O)C(CC)NCC(C)CCCNC(CC(C)OC=O)C(C)OC=O. The van der Waals surface area contributed by atoms with Crippen molar-refractivity contribution in [2.45, 2.75) is 84.6 Å². The second-order valence-corrected chi connectivity index (χ2v) is 7.15. The van der Waals surface area contributed by atoms with Crippen LogP contribution in [0.15, 0.2) is 0 Å². The lowest BCUT2D eigenvalue weighted by Gasteiger charge is -2.26. The Hall–Kier alpha value is -1.67. The van der Waals surface area contributed by atoms with Crippen LogP contribution in [-0.2, 0) is 28.6 Å². The Morgan fingerprint density at radius 3 is 2.29 bits per heavy atom. The van der Waals surface area contributed by atoms with Crippen LogP contribution in [0.2, 0.25) is 0 Å². The molecule has 0 bridgehead atoms. The predicted octanol–water partition coefficient (Wildman–Crippen LogP) is 1.81. The molecular weight excluding hydrogens is 364 g/mol. The van der Waals surface area contributed by atoms with E-state index in [1.165, 1.54) is 0 Å². The molecule has 28 heavy (non-hydrogen) atoms. The molecule has 0 amide bonds. The zero-order valence-corrected chi connectivity index (χ0v) is 17.9. The molecule has 0 heterocycles. The van der Waals surface area contributed by atoms with Gasteiger partial charge < -0.3 is 24.8 Å². The average molecular weight is 403 g/mol. The van der Waals surface area contributed by atoms with Gasteiger partial charge in [-0.05, 0) is 59.0 Å². The van der Waals surface area contributed by atoms with E-state index in [1.807, 2.05) is 13.8 Å². The predicted molar refractivity (Wildman–Crippen MR) is 107 cm³/mol.